The van der Waals surface area contributed by atoms with Gasteiger partial charge in [0, 0.05) is 36.8 Å². The molecule has 0 saturated carbocycles. The highest BCUT2D eigenvalue weighted by Gasteiger charge is 2.34. The molecule has 4 heteroatoms. The van der Waals surface area contributed by atoms with Gasteiger partial charge in [0.15, 0.2) is 0 Å². The van der Waals surface area contributed by atoms with Crippen molar-refractivity contribution in [2.24, 2.45) is 0 Å². The van der Waals surface area contributed by atoms with E-state index in [4.69, 9.17) is 4.74 Å². The van der Waals surface area contributed by atoms with Crippen LogP contribution in [-0.2, 0) is 11.3 Å². The van der Waals surface area contributed by atoms with Crippen molar-refractivity contribution in [1.29, 1.82) is 0 Å². The van der Waals surface area contributed by atoms with Crippen molar-refractivity contribution < 1.29 is 9.53 Å². The minimum absolute atomic E-state index is 0.0553. The molecule has 1 N–H and O–H groups in total. The van der Waals surface area contributed by atoms with E-state index >= 15 is 0 Å². The minimum atomic E-state index is -0.334. The zero-order valence-electron chi connectivity index (χ0n) is 16.3. The summed E-state index contributed by atoms with van der Waals surface area (Å²) in [7, 11) is 0. The molecule has 2 heterocycles. The van der Waals surface area contributed by atoms with Crippen molar-refractivity contribution in [1.82, 2.24) is 10.2 Å². The van der Waals surface area contributed by atoms with Gasteiger partial charge in [0.25, 0.3) is 0 Å². The zero-order valence-corrected chi connectivity index (χ0v) is 16.3. The number of likely N-dealkylation sites (tertiary alicyclic amines) is 1. The number of ether oxygens (including phenoxy) is 1. The standard InChI is InChI=1S/C25H24N2O2/c28-25(26-19-14-15-27(17-19)16-18-8-2-1-3-9-18)24-20-10-4-6-12-22(20)29-23-13-7-5-11-21(23)24/h1-13,19,24H,14-17H2,(H,26,28)/t19-/m1/s1. The lowest BCUT2D eigenvalue weighted by Crippen LogP contribution is -2.40. The van der Waals surface area contributed by atoms with E-state index in [1.165, 1.54) is 5.56 Å². The maximum atomic E-state index is 13.4. The highest BCUT2D eigenvalue weighted by molar-refractivity contribution is 5.89. The molecule has 1 fully saturated rings. The van der Waals surface area contributed by atoms with Gasteiger partial charge in [-0.15, -0.1) is 0 Å². The Morgan fingerprint density at radius 3 is 2.21 bits per heavy atom. The van der Waals surface area contributed by atoms with Crippen molar-refractivity contribution in [2.75, 3.05) is 13.1 Å². The van der Waals surface area contributed by atoms with E-state index in [1.54, 1.807) is 0 Å². The van der Waals surface area contributed by atoms with Crippen molar-refractivity contribution in [3.8, 4) is 11.5 Å². The fourth-order valence-electron chi connectivity index (χ4n) is 4.41. The molecule has 0 radical (unpaired) electrons. The van der Waals surface area contributed by atoms with E-state index in [1.807, 2.05) is 54.6 Å². The summed E-state index contributed by atoms with van der Waals surface area (Å²) in [4.78, 5) is 15.8. The molecule has 5 rings (SSSR count). The SMILES string of the molecule is O=C(N[C@@H]1CCN(Cc2ccccc2)C1)C1c2ccccc2Oc2ccccc21. The monoisotopic (exact) mass is 384 g/mol. The molecule has 1 saturated heterocycles. The lowest BCUT2D eigenvalue weighted by atomic mass is 9.87. The number of amides is 1. The number of carbonyl (C=O) groups excluding carboxylic acids is 1. The number of benzene rings is 3. The average Bonchev–Trinajstić information content (AvgIpc) is 3.19. The first kappa shape index (κ1) is 18.0. The van der Waals surface area contributed by atoms with Crippen LogP contribution in [-0.4, -0.2) is 29.9 Å². The van der Waals surface area contributed by atoms with Crippen molar-refractivity contribution in [3.63, 3.8) is 0 Å². The Kier molecular flexibility index (Phi) is 4.78. The van der Waals surface area contributed by atoms with Crippen LogP contribution in [0.2, 0.25) is 0 Å². The molecule has 2 aliphatic heterocycles. The van der Waals surface area contributed by atoms with Crippen LogP contribution in [0.25, 0.3) is 0 Å². The van der Waals surface area contributed by atoms with Gasteiger partial charge in [-0.2, -0.15) is 0 Å². The highest BCUT2D eigenvalue weighted by atomic mass is 16.5. The molecule has 0 spiro atoms. The lowest BCUT2D eigenvalue weighted by Gasteiger charge is -2.28. The molecule has 0 bridgehead atoms. The van der Waals surface area contributed by atoms with Crippen LogP contribution in [0.15, 0.2) is 78.9 Å². The first-order chi connectivity index (χ1) is 14.3. The van der Waals surface area contributed by atoms with Crippen LogP contribution in [0.1, 0.15) is 29.0 Å². The molecule has 1 amide bonds. The smallest absolute Gasteiger partial charge is 0.232 e. The Morgan fingerprint density at radius 1 is 0.897 bits per heavy atom. The second kappa shape index (κ2) is 7.72. The Hall–Kier alpha value is -3.11. The van der Waals surface area contributed by atoms with Gasteiger partial charge in [-0.05, 0) is 24.1 Å². The Bertz CT molecular complexity index is 973. The molecule has 4 nitrogen and oxygen atoms in total. The average molecular weight is 384 g/mol. The molecule has 2 aliphatic rings. The van der Waals surface area contributed by atoms with Crippen LogP contribution in [0, 0.1) is 0 Å². The van der Waals surface area contributed by atoms with E-state index in [-0.39, 0.29) is 17.9 Å². The van der Waals surface area contributed by atoms with Gasteiger partial charge in [-0.1, -0.05) is 66.7 Å². The first-order valence-corrected chi connectivity index (χ1v) is 10.2. The number of rotatable bonds is 4. The largest absolute Gasteiger partial charge is 0.457 e. The summed E-state index contributed by atoms with van der Waals surface area (Å²) in [6, 6.07) is 26.3. The number of nitrogens with one attached hydrogen (secondary N) is 1. The lowest BCUT2D eigenvalue weighted by molar-refractivity contribution is -0.122. The molecule has 29 heavy (non-hydrogen) atoms. The van der Waals surface area contributed by atoms with E-state index in [9.17, 15) is 4.79 Å². The van der Waals surface area contributed by atoms with Crippen molar-refractivity contribution in [2.45, 2.75) is 24.9 Å². The zero-order chi connectivity index (χ0) is 19.6. The summed E-state index contributed by atoms with van der Waals surface area (Å²) in [5.41, 5.74) is 3.18. The van der Waals surface area contributed by atoms with E-state index in [2.05, 4.69) is 34.5 Å². The number of para-hydroxylation sites is 2. The number of carbonyl (C=O) groups is 1. The fourth-order valence-corrected chi connectivity index (χ4v) is 4.41. The van der Waals surface area contributed by atoms with Crippen molar-refractivity contribution >= 4 is 5.91 Å². The van der Waals surface area contributed by atoms with Gasteiger partial charge in [-0.3, -0.25) is 9.69 Å². The number of fused-ring (bicyclic) bond motifs is 2. The van der Waals surface area contributed by atoms with Crippen LogP contribution in [0.5, 0.6) is 11.5 Å². The van der Waals surface area contributed by atoms with Gasteiger partial charge in [0.05, 0.1) is 5.92 Å². The van der Waals surface area contributed by atoms with Crippen LogP contribution in [0.3, 0.4) is 0 Å². The fraction of sp³-hybridized carbons (Fsp3) is 0.240. The second-order valence-corrected chi connectivity index (χ2v) is 7.83. The maximum absolute atomic E-state index is 13.4. The molecular weight excluding hydrogens is 360 g/mol. The molecule has 3 aromatic rings. The topological polar surface area (TPSA) is 41.6 Å². The number of nitrogens with zero attached hydrogens (tertiary/aromatic N) is 1. The number of hydrogen-bond acceptors (Lipinski definition) is 3. The van der Waals surface area contributed by atoms with Gasteiger partial charge >= 0.3 is 0 Å². The summed E-state index contributed by atoms with van der Waals surface area (Å²) >= 11 is 0. The first-order valence-electron chi connectivity index (χ1n) is 10.2. The summed E-state index contributed by atoms with van der Waals surface area (Å²) in [6.07, 6.45) is 0.977. The molecule has 0 aliphatic carbocycles. The van der Waals surface area contributed by atoms with Gasteiger partial charge in [0.2, 0.25) is 5.91 Å². The quantitative estimate of drug-likeness (QED) is 0.729. The van der Waals surface area contributed by atoms with Gasteiger partial charge < -0.3 is 10.1 Å². The Balaban J connectivity index is 1.32. The van der Waals surface area contributed by atoms with Gasteiger partial charge in [-0.25, -0.2) is 0 Å². The van der Waals surface area contributed by atoms with E-state index < -0.39 is 0 Å². The molecule has 3 aromatic carbocycles. The number of hydrogen-bond donors (Lipinski definition) is 1. The van der Waals surface area contributed by atoms with Crippen LogP contribution in [0.4, 0.5) is 0 Å². The van der Waals surface area contributed by atoms with E-state index in [0.717, 1.165) is 48.7 Å². The van der Waals surface area contributed by atoms with Crippen LogP contribution >= 0.6 is 0 Å². The third-order valence-corrected chi connectivity index (χ3v) is 5.81. The molecular formula is C25H24N2O2. The summed E-state index contributed by atoms with van der Waals surface area (Å²) in [5, 5.41) is 3.31. The third kappa shape index (κ3) is 3.64. The third-order valence-electron chi connectivity index (χ3n) is 5.81. The minimum Gasteiger partial charge on any atom is -0.457 e. The molecule has 1 atom stereocenters. The highest BCUT2D eigenvalue weighted by Crippen LogP contribution is 2.44. The Labute approximate surface area is 171 Å². The van der Waals surface area contributed by atoms with Gasteiger partial charge in [0.1, 0.15) is 11.5 Å². The van der Waals surface area contributed by atoms with Crippen molar-refractivity contribution in [3.05, 3.63) is 95.6 Å². The summed E-state index contributed by atoms with van der Waals surface area (Å²) in [5.74, 6) is 1.26. The normalized spacial score (nSPS) is 18.6. The molecule has 146 valence electrons. The molecule has 0 unspecified atom stereocenters. The summed E-state index contributed by atoms with van der Waals surface area (Å²) in [6.45, 7) is 2.81. The molecule has 0 aromatic heterocycles. The van der Waals surface area contributed by atoms with Crippen LogP contribution < -0.4 is 10.1 Å². The second-order valence-electron chi connectivity index (χ2n) is 7.83. The Morgan fingerprint density at radius 2 is 1.52 bits per heavy atom. The van der Waals surface area contributed by atoms with E-state index in [0.29, 0.717) is 0 Å². The predicted molar refractivity (Wildman–Crippen MR) is 113 cm³/mol. The predicted octanol–water partition coefficient (Wildman–Crippen LogP) is 4.31. The maximum Gasteiger partial charge on any atom is 0.232 e. The summed E-state index contributed by atoms with van der Waals surface area (Å²) < 4.78 is 6.02.